The number of amides is 1. The molecule has 2 fully saturated rings. The molecule has 28 heavy (non-hydrogen) atoms. The van der Waals surface area contributed by atoms with Crippen LogP contribution in [0.3, 0.4) is 0 Å². The highest BCUT2D eigenvalue weighted by molar-refractivity contribution is 6.09. The number of nitrogens with one attached hydrogen (secondary N) is 1. The van der Waals surface area contributed by atoms with E-state index in [2.05, 4.69) is 17.5 Å². The molecule has 0 spiro atoms. The topological polar surface area (TPSA) is 50.7 Å². The van der Waals surface area contributed by atoms with Gasteiger partial charge in [0.2, 0.25) is 0 Å². The summed E-state index contributed by atoms with van der Waals surface area (Å²) < 4.78 is 19.5. The fraction of sp³-hybridized carbons (Fsp3) is 0.478. The lowest BCUT2D eigenvalue weighted by Crippen LogP contribution is -2.46. The summed E-state index contributed by atoms with van der Waals surface area (Å²) >= 11 is 0. The fourth-order valence-corrected chi connectivity index (χ4v) is 4.08. The third-order valence-electron chi connectivity index (χ3n) is 6.21. The molecule has 1 amide bonds. The van der Waals surface area contributed by atoms with Crippen molar-refractivity contribution in [2.75, 3.05) is 6.61 Å². The van der Waals surface area contributed by atoms with E-state index in [1.165, 1.54) is 37.1 Å². The SMILES string of the molecule is O=C(NC1(C2=NC3(OCC4CC4)CCCC=C3C=C2)CC1)c1ccc(F)cc1. The zero-order valence-electron chi connectivity index (χ0n) is 15.9. The number of aliphatic imine (C=N–C) groups is 1. The highest BCUT2D eigenvalue weighted by atomic mass is 19.1. The Labute approximate surface area is 164 Å². The Kier molecular flexibility index (Phi) is 4.23. The lowest BCUT2D eigenvalue weighted by molar-refractivity contribution is -0.0251. The number of dihydropyridines is 1. The summed E-state index contributed by atoms with van der Waals surface area (Å²) in [7, 11) is 0. The molecular weight excluding hydrogens is 355 g/mol. The van der Waals surface area contributed by atoms with Gasteiger partial charge in [0, 0.05) is 17.6 Å². The van der Waals surface area contributed by atoms with Gasteiger partial charge in [-0.15, -0.1) is 0 Å². The van der Waals surface area contributed by atoms with Crippen molar-refractivity contribution < 1.29 is 13.9 Å². The third kappa shape index (κ3) is 3.32. The fourth-order valence-electron chi connectivity index (χ4n) is 4.08. The van der Waals surface area contributed by atoms with Gasteiger partial charge in [-0.25, -0.2) is 9.38 Å². The number of fused-ring (bicyclic) bond motifs is 1. The Morgan fingerprint density at radius 1 is 1.18 bits per heavy atom. The number of nitrogens with zero attached hydrogens (tertiary/aromatic N) is 1. The van der Waals surface area contributed by atoms with Crippen LogP contribution in [0, 0.1) is 11.7 Å². The molecule has 1 unspecified atom stereocenters. The summed E-state index contributed by atoms with van der Waals surface area (Å²) in [6, 6.07) is 5.65. The molecule has 1 aliphatic heterocycles. The van der Waals surface area contributed by atoms with Gasteiger partial charge in [0.25, 0.3) is 5.91 Å². The molecule has 1 aromatic rings. The average molecular weight is 380 g/mol. The molecule has 4 aliphatic rings. The van der Waals surface area contributed by atoms with E-state index in [4.69, 9.17) is 9.73 Å². The minimum atomic E-state index is -0.582. The highest BCUT2D eigenvalue weighted by Crippen LogP contribution is 2.45. The number of carbonyl (C=O) groups excluding carboxylic acids is 1. The van der Waals surface area contributed by atoms with Crippen molar-refractivity contribution in [3.63, 3.8) is 0 Å². The molecule has 0 bridgehead atoms. The maximum absolute atomic E-state index is 13.1. The third-order valence-corrected chi connectivity index (χ3v) is 6.21. The number of hydrogen-bond donors (Lipinski definition) is 1. The van der Waals surface area contributed by atoms with Crippen molar-refractivity contribution in [1.82, 2.24) is 5.32 Å². The van der Waals surface area contributed by atoms with Gasteiger partial charge < -0.3 is 10.1 Å². The Hall–Kier alpha value is -2.27. The first-order chi connectivity index (χ1) is 13.6. The molecule has 146 valence electrons. The van der Waals surface area contributed by atoms with Crippen LogP contribution in [-0.2, 0) is 4.74 Å². The predicted molar refractivity (Wildman–Crippen MR) is 106 cm³/mol. The van der Waals surface area contributed by atoms with Gasteiger partial charge in [-0.2, -0.15) is 0 Å². The van der Waals surface area contributed by atoms with Crippen LogP contribution in [0.25, 0.3) is 0 Å². The Morgan fingerprint density at radius 2 is 1.96 bits per heavy atom. The summed E-state index contributed by atoms with van der Waals surface area (Å²) in [6.45, 7) is 0.761. The zero-order chi connectivity index (χ0) is 19.2. The molecule has 5 rings (SSSR count). The monoisotopic (exact) mass is 380 g/mol. The smallest absolute Gasteiger partial charge is 0.252 e. The quantitative estimate of drug-likeness (QED) is 0.798. The van der Waals surface area contributed by atoms with Crippen LogP contribution >= 0.6 is 0 Å². The molecule has 1 aromatic carbocycles. The van der Waals surface area contributed by atoms with Gasteiger partial charge in [-0.3, -0.25) is 4.79 Å². The van der Waals surface area contributed by atoms with Crippen LogP contribution in [0.5, 0.6) is 0 Å². The van der Waals surface area contributed by atoms with Crippen molar-refractivity contribution in [1.29, 1.82) is 0 Å². The van der Waals surface area contributed by atoms with Gasteiger partial charge in [0.05, 0.1) is 17.9 Å². The molecule has 5 heteroatoms. The van der Waals surface area contributed by atoms with Crippen LogP contribution < -0.4 is 5.32 Å². The average Bonchev–Trinajstić information content (AvgIpc) is 3.63. The molecule has 1 atom stereocenters. The molecule has 3 aliphatic carbocycles. The second-order valence-electron chi connectivity index (χ2n) is 8.46. The van der Waals surface area contributed by atoms with Crippen LogP contribution in [-0.4, -0.2) is 29.5 Å². The van der Waals surface area contributed by atoms with E-state index in [9.17, 15) is 9.18 Å². The summed E-state index contributed by atoms with van der Waals surface area (Å²) in [4.78, 5) is 17.8. The second-order valence-corrected chi connectivity index (χ2v) is 8.46. The highest BCUT2D eigenvalue weighted by Gasteiger charge is 2.51. The minimum absolute atomic E-state index is 0.188. The molecule has 0 radical (unpaired) electrons. The minimum Gasteiger partial charge on any atom is -0.349 e. The van der Waals surface area contributed by atoms with Gasteiger partial charge >= 0.3 is 0 Å². The van der Waals surface area contributed by atoms with E-state index in [0.29, 0.717) is 11.5 Å². The van der Waals surface area contributed by atoms with Crippen LogP contribution in [0.2, 0.25) is 0 Å². The predicted octanol–water partition coefficient (Wildman–Crippen LogP) is 4.33. The van der Waals surface area contributed by atoms with Gasteiger partial charge in [-0.1, -0.05) is 12.2 Å². The summed E-state index contributed by atoms with van der Waals surface area (Å²) in [5.74, 6) is 0.144. The molecule has 1 N–H and O–H groups in total. The van der Waals surface area contributed by atoms with E-state index >= 15 is 0 Å². The Balaban J connectivity index is 1.39. The first-order valence-corrected chi connectivity index (χ1v) is 10.3. The largest absolute Gasteiger partial charge is 0.349 e. The first kappa shape index (κ1) is 17.8. The van der Waals surface area contributed by atoms with Gasteiger partial charge in [-0.05, 0) is 74.8 Å². The first-order valence-electron chi connectivity index (χ1n) is 10.3. The maximum atomic E-state index is 13.1. The van der Waals surface area contributed by atoms with Crippen molar-refractivity contribution in [2.24, 2.45) is 10.9 Å². The van der Waals surface area contributed by atoms with Gasteiger partial charge in [0.1, 0.15) is 5.82 Å². The Morgan fingerprint density at radius 3 is 2.68 bits per heavy atom. The number of benzene rings is 1. The normalized spacial score (nSPS) is 27.5. The van der Waals surface area contributed by atoms with Crippen molar-refractivity contribution >= 4 is 11.6 Å². The van der Waals surface area contributed by atoms with Crippen LogP contribution in [0.1, 0.15) is 55.3 Å². The van der Waals surface area contributed by atoms with Crippen LogP contribution in [0.15, 0.2) is 53.1 Å². The number of ether oxygens (including phenoxy) is 1. The van der Waals surface area contributed by atoms with Crippen molar-refractivity contribution in [3.05, 3.63) is 59.4 Å². The lowest BCUT2D eigenvalue weighted by Gasteiger charge is -2.38. The lowest BCUT2D eigenvalue weighted by atomic mass is 9.86. The number of rotatable bonds is 6. The number of allylic oxidation sites excluding steroid dienone is 1. The van der Waals surface area contributed by atoms with E-state index in [-0.39, 0.29) is 11.7 Å². The van der Waals surface area contributed by atoms with Gasteiger partial charge in [0.15, 0.2) is 5.72 Å². The summed E-state index contributed by atoms with van der Waals surface area (Å²) in [6.07, 6.45) is 13.6. The molecule has 0 saturated heterocycles. The molecule has 2 saturated carbocycles. The van der Waals surface area contributed by atoms with E-state index in [1.54, 1.807) is 0 Å². The van der Waals surface area contributed by atoms with E-state index < -0.39 is 11.3 Å². The number of hydrogen-bond acceptors (Lipinski definition) is 3. The zero-order valence-corrected chi connectivity index (χ0v) is 15.9. The molecular formula is C23H25FN2O2. The van der Waals surface area contributed by atoms with E-state index in [1.807, 2.05) is 6.08 Å². The van der Waals surface area contributed by atoms with Crippen molar-refractivity contribution in [3.8, 4) is 0 Å². The molecule has 0 aromatic heterocycles. The standard InChI is InChI=1S/C23H25FN2O2/c24-19-9-6-17(7-10-19)21(27)26-22(13-14-22)20-11-8-18-3-1-2-12-23(18,25-20)28-15-16-4-5-16/h3,6-11,16H,1-2,4-5,12-15H2,(H,26,27). The van der Waals surface area contributed by atoms with Crippen LogP contribution in [0.4, 0.5) is 4.39 Å². The summed E-state index contributed by atoms with van der Waals surface area (Å²) in [5, 5.41) is 3.14. The number of carbonyl (C=O) groups is 1. The Bertz CT molecular complexity index is 878. The molecule has 4 nitrogen and oxygen atoms in total. The summed E-state index contributed by atoms with van der Waals surface area (Å²) in [5.41, 5.74) is 1.51. The maximum Gasteiger partial charge on any atom is 0.252 e. The molecule has 1 heterocycles. The second kappa shape index (κ2) is 6.66. The van der Waals surface area contributed by atoms with E-state index in [0.717, 1.165) is 50.0 Å². The number of halogens is 1. The van der Waals surface area contributed by atoms with Crippen molar-refractivity contribution in [2.45, 2.75) is 56.2 Å².